The molecule has 0 unspecified atom stereocenters. The molecule has 1 aromatic rings. The van der Waals surface area contributed by atoms with Gasteiger partial charge in [0.25, 0.3) is 0 Å². The van der Waals surface area contributed by atoms with Crippen LogP contribution in [0.5, 0.6) is 5.88 Å². The second-order valence-corrected chi connectivity index (χ2v) is 7.81. The van der Waals surface area contributed by atoms with E-state index in [0.29, 0.717) is 5.56 Å². The molecule has 132 valence electrons. The van der Waals surface area contributed by atoms with Crippen LogP contribution in [0.2, 0.25) is 0 Å². The second kappa shape index (κ2) is 7.62. The van der Waals surface area contributed by atoms with Crippen LogP contribution in [0.15, 0.2) is 12.1 Å². The Hall–Kier alpha value is -1.45. The molecule has 4 heteroatoms. The van der Waals surface area contributed by atoms with Gasteiger partial charge in [-0.1, -0.05) is 19.8 Å². The number of aryl methyl sites for hydroxylation is 1. The Morgan fingerprint density at radius 3 is 2.21 bits per heavy atom. The summed E-state index contributed by atoms with van der Waals surface area (Å²) < 4.78 is 18.7. The number of ether oxygens (including phenoxy) is 1. The van der Waals surface area contributed by atoms with Gasteiger partial charge in [0.2, 0.25) is 11.8 Å². The summed E-state index contributed by atoms with van der Waals surface area (Å²) in [6.45, 7) is 3.99. The van der Waals surface area contributed by atoms with E-state index in [2.05, 4.69) is 11.9 Å². The van der Waals surface area contributed by atoms with E-state index in [9.17, 15) is 9.18 Å². The zero-order chi connectivity index (χ0) is 17.1. The van der Waals surface area contributed by atoms with Gasteiger partial charge in [0.1, 0.15) is 0 Å². The normalized spacial score (nSPS) is 30.8. The van der Waals surface area contributed by atoms with E-state index in [0.717, 1.165) is 43.4 Å². The Bertz CT molecular complexity index is 573. The summed E-state index contributed by atoms with van der Waals surface area (Å²) in [5, 5.41) is 0. The van der Waals surface area contributed by atoms with E-state index in [1.54, 1.807) is 19.1 Å². The number of carbonyl (C=O) groups is 1. The van der Waals surface area contributed by atoms with Crippen molar-refractivity contribution in [3.63, 3.8) is 0 Å². The average molecular weight is 333 g/mol. The molecule has 1 aromatic heterocycles. The lowest BCUT2D eigenvalue weighted by Gasteiger charge is -2.36. The maximum absolute atomic E-state index is 13.5. The van der Waals surface area contributed by atoms with Gasteiger partial charge in [0.05, 0.1) is 5.92 Å². The zero-order valence-corrected chi connectivity index (χ0v) is 14.8. The number of hydrogen-bond donors (Lipinski definition) is 0. The fourth-order valence-electron chi connectivity index (χ4n) is 4.31. The molecule has 0 spiro atoms. The van der Waals surface area contributed by atoms with Gasteiger partial charge in [-0.2, -0.15) is 9.37 Å². The van der Waals surface area contributed by atoms with Crippen LogP contribution in [0.4, 0.5) is 4.39 Å². The van der Waals surface area contributed by atoms with Crippen molar-refractivity contribution in [2.45, 2.75) is 65.2 Å². The Labute approximate surface area is 144 Å². The van der Waals surface area contributed by atoms with Crippen molar-refractivity contribution in [2.24, 2.45) is 23.7 Å². The molecule has 0 atom stereocenters. The third kappa shape index (κ3) is 4.14. The van der Waals surface area contributed by atoms with Crippen molar-refractivity contribution in [3.05, 3.63) is 23.6 Å². The summed E-state index contributed by atoms with van der Waals surface area (Å²) in [7, 11) is 0. The van der Waals surface area contributed by atoms with Crippen molar-refractivity contribution in [2.75, 3.05) is 0 Å². The first-order valence-electron chi connectivity index (χ1n) is 9.37. The van der Waals surface area contributed by atoms with Gasteiger partial charge < -0.3 is 4.74 Å². The maximum atomic E-state index is 13.5. The third-order valence-corrected chi connectivity index (χ3v) is 6.05. The summed E-state index contributed by atoms with van der Waals surface area (Å²) in [5.74, 6) is 1.70. The van der Waals surface area contributed by atoms with Crippen LogP contribution in [0.1, 0.15) is 63.9 Å². The number of pyridine rings is 1. The van der Waals surface area contributed by atoms with Crippen LogP contribution in [-0.4, -0.2) is 11.0 Å². The molecule has 0 amide bonds. The molecule has 2 fully saturated rings. The highest BCUT2D eigenvalue weighted by Gasteiger charge is 2.33. The van der Waals surface area contributed by atoms with E-state index in [1.165, 1.54) is 25.7 Å². The van der Waals surface area contributed by atoms with E-state index in [-0.39, 0.29) is 17.8 Å². The minimum atomic E-state index is -0.574. The standard InChI is InChI=1S/C20H28FNO2/c1-13-3-6-15(7-4-13)16-8-10-17(11-9-16)20(23)24-18-12-5-14(2)19(21)22-18/h5,12-13,15-17H,3-4,6-11H2,1-2H3. The molecule has 0 saturated heterocycles. The van der Waals surface area contributed by atoms with Gasteiger partial charge in [-0.15, -0.1) is 0 Å². The highest BCUT2D eigenvalue weighted by atomic mass is 19.1. The molecule has 2 aliphatic carbocycles. The largest absolute Gasteiger partial charge is 0.407 e. The topological polar surface area (TPSA) is 39.2 Å². The molecular weight excluding hydrogens is 305 g/mol. The first-order chi connectivity index (χ1) is 11.5. The van der Waals surface area contributed by atoms with Gasteiger partial charge in [-0.3, -0.25) is 4.79 Å². The van der Waals surface area contributed by atoms with Gasteiger partial charge in [0, 0.05) is 11.6 Å². The average Bonchev–Trinajstić information content (AvgIpc) is 2.59. The predicted octanol–water partition coefficient (Wildman–Crippen LogP) is 5.07. The van der Waals surface area contributed by atoms with E-state index in [1.807, 2.05) is 0 Å². The number of carbonyl (C=O) groups excluding carboxylic acids is 1. The van der Waals surface area contributed by atoms with Gasteiger partial charge in [-0.25, -0.2) is 0 Å². The molecule has 1 heterocycles. The molecule has 24 heavy (non-hydrogen) atoms. The molecule has 3 rings (SSSR count). The highest BCUT2D eigenvalue weighted by molar-refractivity contribution is 5.74. The number of halogens is 1. The fourth-order valence-corrected chi connectivity index (χ4v) is 4.31. The maximum Gasteiger partial charge on any atom is 0.315 e. The van der Waals surface area contributed by atoms with Gasteiger partial charge in [0.15, 0.2) is 0 Å². The lowest BCUT2D eigenvalue weighted by molar-refractivity contribution is -0.140. The number of aromatic nitrogens is 1. The Kier molecular flexibility index (Phi) is 5.52. The summed E-state index contributed by atoms with van der Waals surface area (Å²) in [4.78, 5) is 16.0. The lowest BCUT2D eigenvalue weighted by Crippen LogP contribution is -2.30. The molecule has 3 nitrogen and oxygen atoms in total. The predicted molar refractivity (Wildman–Crippen MR) is 91.1 cm³/mol. The lowest BCUT2D eigenvalue weighted by atomic mass is 9.69. The second-order valence-electron chi connectivity index (χ2n) is 7.81. The third-order valence-electron chi connectivity index (χ3n) is 6.05. The molecular formula is C20H28FNO2. The van der Waals surface area contributed by atoms with Gasteiger partial charge >= 0.3 is 5.97 Å². The van der Waals surface area contributed by atoms with Crippen molar-refractivity contribution >= 4 is 5.97 Å². The minimum Gasteiger partial charge on any atom is -0.407 e. The van der Waals surface area contributed by atoms with Gasteiger partial charge in [-0.05, 0) is 69.3 Å². The summed E-state index contributed by atoms with van der Waals surface area (Å²) >= 11 is 0. The van der Waals surface area contributed by atoms with Crippen molar-refractivity contribution in [1.29, 1.82) is 0 Å². The monoisotopic (exact) mass is 333 g/mol. The quantitative estimate of drug-likeness (QED) is 0.573. The smallest absolute Gasteiger partial charge is 0.315 e. The molecule has 0 aliphatic heterocycles. The number of rotatable bonds is 3. The summed E-state index contributed by atoms with van der Waals surface area (Å²) in [6.07, 6.45) is 9.45. The van der Waals surface area contributed by atoms with Crippen LogP contribution in [-0.2, 0) is 4.79 Å². The highest BCUT2D eigenvalue weighted by Crippen LogP contribution is 2.41. The Morgan fingerprint density at radius 1 is 1.04 bits per heavy atom. The molecule has 2 saturated carbocycles. The van der Waals surface area contributed by atoms with E-state index < -0.39 is 5.95 Å². The summed E-state index contributed by atoms with van der Waals surface area (Å²) in [6, 6.07) is 3.15. The van der Waals surface area contributed by atoms with Crippen molar-refractivity contribution < 1.29 is 13.9 Å². The molecule has 0 N–H and O–H groups in total. The molecule has 0 aromatic carbocycles. The van der Waals surface area contributed by atoms with Crippen LogP contribution < -0.4 is 4.74 Å². The molecule has 0 radical (unpaired) electrons. The van der Waals surface area contributed by atoms with Crippen LogP contribution in [0, 0.1) is 36.5 Å². The van der Waals surface area contributed by atoms with Crippen LogP contribution in [0.25, 0.3) is 0 Å². The van der Waals surface area contributed by atoms with E-state index >= 15 is 0 Å². The number of hydrogen-bond acceptors (Lipinski definition) is 3. The first kappa shape index (κ1) is 17.4. The minimum absolute atomic E-state index is 0.0603. The van der Waals surface area contributed by atoms with Crippen molar-refractivity contribution in [1.82, 2.24) is 4.98 Å². The molecule has 2 aliphatic rings. The fraction of sp³-hybridized carbons (Fsp3) is 0.700. The number of esters is 1. The van der Waals surface area contributed by atoms with Crippen molar-refractivity contribution in [3.8, 4) is 5.88 Å². The SMILES string of the molecule is Cc1ccc(OC(=O)C2CCC(C3CCC(C)CC3)CC2)nc1F. The Balaban J connectivity index is 1.49. The van der Waals surface area contributed by atoms with Crippen LogP contribution >= 0.6 is 0 Å². The zero-order valence-electron chi connectivity index (χ0n) is 14.8. The number of nitrogens with zero attached hydrogens (tertiary/aromatic N) is 1. The van der Waals surface area contributed by atoms with E-state index in [4.69, 9.17) is 4.74 Å². The van der Waals surface area contributed by atoms with Crippen LogP contribution in [0.3, 0.4) is 0 Å². The molecule has 0 bridgehead atoms. The summed E-state index contributed by atoms with van der Waals surface area (Å²) in [5.41, 5.74) is 0.456. The Morgan fingerprint density at radius 2 is 1.62 bits per heavy atom. The first-order valence-corrected chi connectivity index (χ1v) is 9.37.